The summed E-state index contributed by atoms with van der Waals surface area (Å²) in [4.78, 5) is 20.8. The molecule has 2 aromatic heterocycles. The van der Waals surface area contributed by atoms with Gasteiger partial charge in [-0.3, -0.25) is 4.79 Å². The van der Waals surface area contributed by atoms with Gasteiger partial charge in [0.05, 0.1) is 12.2 Å². The van der Waals surface area contributed by atoms with Crippen molar-refractivity contribution in [1.29, 1.82) is 0 Å². The van der Waals surface area contributed by atoms with Crippen LogP contribution in [0.5, 0.6) is 0 Å². The molecule has 1 aliphatic heterocycles. The van der Waals surface area contributed by atoms with Gasteiger partial charge in [-0.25, -0.2) is 4.98 Å². The van der Waals surface area contributed by atoms with Crippen LogP contribution in [0.2, 0.25) is 0 Å². The highest BCUT2D eigenvalue weighted by Crippen LogP contribution is 2.23. The maximum Gasteiger partial charge on any atom is 0.241 e. The first-order valence-electron chi connectivity index (χ1n) is 7.30. The number of carbonyl (C=O) groups excluding carboxylic acids is 1. The van der Waals surface area contributed by atoms with E-state index in [1.165, 1.54) is 0 Å². The van der Waals surface area contributed by atoms with Crippen LogP contribution in [-0.4, -0.2) is 53.9 Å². The molecule has 6 nitrogen and oxygen atoms in total. The number of anilines is 1. The number of imidazole rings is 1. The Morgan fingerprint density at radius 2 is 2.19 bits per heavy atom. The molecule has 0 radical (unpaired) electrons. The second-order valence-electron chi connectivity index (χ2n) is 5.43. The predicted octanol–water partition coefficient (Wildman–Crippen LogP) is 0.722. The molecule has 2 aromatic rings. The Morgan fingerprint density at radius 3 is 3.00 bits per heavy atom. The number of rotatable bonds is 3. The van der Waals surface area contributed by atoms with Gasteiger partial charge in [-0.1, -0.05) is 6.07 Å². The summed E-state index contributed by atoms with van der Waals surface area (Å²) < 4.78 is 2.09. The summed E-state index contributed by atoms with van der Waals surface area (Å²) in [6, 6.07) is 5.98. The Labute approximate surface area is 124 Å². The van der Waals surface area contributed by atoms with Gasteiger partial charge in [0, 0.05) is 32.9 Å². The van der Waals surface area contributed by atoms with Gasteiger partial charge in [-0.2, -0.15) is 0 Å². The van der Waals surface area contributed by atoms with E-state index < -0.39 is 0 Å². The highest BCUT2D eigenvalue weighted by atomic mass is 16.2. The van der Waals surface area contributed by atoms with Crippen LogP contribution in [-0.2, 0) is 11.3 Å². The van der Waals surface area contributed by atoms with Crippen molar-refractivity contribution in [3.63, 3.8) is 0 Å². The molecule has 6 heteroatoms. The van der Waals surface area contributed by atoms with E-state index in [0.29, 0.717) is 6.54 Å². The van der Waals surface area contributed by atoms with Gasteiger partial charge < -0.3 is 19.5 Å². The minimum absolute atomic E-state index is 0.153. The third-order valence-electron chi connectivity index (χ3n) is 3.92. The van der Waals surface area contributed by atoms with Crippen molar-refractivity contribution in [2.24, 2.45) is 0 Å². The number of pyridine rings is 1. The van der Waals surface area contributed by atoms with E-state index >= 15 is 0 Å². The van der Waals surface area contributed by atoms with Gasteiger partial charge in [0.15, 0.2) is 5.82 Å². The second-order valence-corrected chi connectivity index (χ2v) is 5.43. The Bertz CT molecular complexity index is 651. The van der Waals surface area contributed by atoms with Crippen molar-refractivity contribution in [1.82, 2.24) is 19.6 Å². The van der Waals surface area contributed by atoms with E-state index in [-0.39, 0.29) is 5.91 Å². The summed E-state index contributed by atoms with van der Waals surface area (Å²) in [6.07, 6.45) is 2.99. The molecule has 0 aliphatic carbocycles. The van der Waals surface area contributed by atoms with Crippen LogP contribution >= 0.6 is 0 Å². The molecule has 1 amide bonds. The molecule has 112 valence electrons. The van der Waals surface area contributed by atoms with Gasteiger partial charge >= 0.3 is 0 Å². The van der Waals surface area contributed by atoms with Crippen LogP contribution in [0.1, 0.15) is 12.1 Å². The van der Waals surface area contributed by atoms with E-state index in [1.54, 1.807) is 4.90 Å². The lowest BCUT2D eigenvalue weighted by atomic mass is 10.3. The van der Waals surface area contributed by atoms with Crippen molar-refractivity contribution < 1.29 is 4.79 Å². The topological polar surface area (TPSA) is 52.9 Å². The number of aromatic nitrogens is 2. The van der Waals surface area contributed by atoms with E-state index in [4.69, 9.17) is 4.98 Å². The normalized spacial score (nSPS) is 16.6. The summed E-state index contributed by atoms with van der Waals surface area (Å²) in [6.45, 7) is 2.79. The molecule has 0 bridgehead atoms. The van der Waals surface area contributed by atoms with Crippen LogP contribution in [0, 0.1) is 0 Å². The largest absolute Gasteiger partial charge is 0.346 e. The fraction of sp³-hybridized carbons (Fsp3) is 0.467. The number of hydrogen-bond acceptors (Lipinski definition) is 4. The van der Waals surface area contributed by atoms with Crippen molar-refractivity contribution in [2.45, 2.75) is 13.0 Å². The second kappa shape index (κ2) is 5.73. The molecule has 0 atom stereocenters. The van der Waals surface area contributed by atoms with Crippen LogP contribution in [0.15, 0.2) is 24.4 Å². The van der Waals surface area contributed by atoms with Crippen molar-refractivity contribution in [2.75, 3.05) is 38.6 Å². The van der Waals surface area contributed by atoms with Crippen LogP contribution in [0.25, 0.3) is 5.65 Å². The number of amides is 1. The first kappa shape index (κ1) is 13.9. The Balaban J connectivity index is 2.02. The Morgan fingerprint density at radius 1 is 1.33 bits per heavy atom. The first-order chi connectivity index (χ1) is 10.2. The third-order valence-corrected chi connectivity index (χ3v) is 3.92. The monoisotopic (exact) mass is 287 g/mol. The SMILES string of the molecule is CNCc1c(N2CCCN(C)C(=O)C2)nc2ccccn12. The Kier molecular flexibility index (Phi) is 3.79. The minimum Gasteiger partial charge on any atom is -0.346 e. The van der Waals surface area contributed by atoms with E-state index in [0.717, 1.165) is 43.2 Å². The molecule has 0 saturated carbocycles. The molecular weight excluding hydrogens is 266 g/mol. The van der Waals surface area contributed by atoms with Crippen LogP contribution in [0.3, 0.4) is 0 Å². The fourth-order valence-electron chi connectivity index (χ4n) is 2.79. The molecule has 1 N–H and O–H groups in total. The number of nitrogens with zero attached hydrogens (tertiary/aromatic N) is 4. The molecule has 0 spiro atoms. The van der Waals surface area contributed by atoms with E-state index in [9.17, 15) is 4.79 Å². The zero-order valence-corrected chi connectivity index (χ0v) is 12.5. The number of likely N-dealkylation sites (N-methyl/N-ethyl adjacent to an activating group) is 1. The van der Waals surface area contributed by atoms with E-state index in [2.05, 4.69) is 14.6 Å². The van der Waals surface area contributed by atoms with Gasteiger partial charge in [0.1, 0.15) is 5.65 Å². The zero-order valence-electron chi connectivity index (χ0n) is 12.5. The molecule has 1 fully saturated rings. The molecule has 0 aromatic carbocycles. The van der Waals surface area contributed by atoms with Crippen molar-refractivity contribution >= 4 is 17.4 Å². The Hall–Kier alpha value is -2.08. The molecule has 3 rings (SSSR count). The fourth-order valence-corrected chi connectivity index (χ4v) is 2.79. The summed E-state index contributed by atoms with van der Waals surface area (Å²) in [5, 5.41) is 3.19. The minimum atomic E-state index is 0.153. The molecule has 3 heterocycles. The quantitative estimate of drug-likeness (QED) is 0.904. The average Bonchev–Trinajstić information content (AvgIpc) is 2.76. The summed E-state index contributed by atoms with van der Waals surface area (Å²) in [5.41, 5.74) is 2.02. The van der Waals surface area contributed by atoms with Gasteiger partial charge in [-0.15, -0.1) is 0 Å². The van der Waals surface area contributed by atoms with Crippen LogP contribution in [0.4, 0.5) is 5.82 Å². The van der Waals surface area contributed by atoms with Gasteiger partial charge in [-0.05, 0) is 25.6 Å². The van der Waals surface area contributed by atoms with E-state index in [1.807, 2.05) is 38.5 Å². The summed E-state index contributed by atoms with van der Waals surface area (Å²) in [7, 11) is 3.79. The standard InChI is InChI=1S/C15H21N5O/c1-16-10-12-15(17-13-6-3-4-9-20(12)13)19-8-5-7-18(2)14(21)11-19/h3-4,6,9,16H,5,7-8,10-11H2,1-2H3. The summed E-state index contributed by atoms with van der Waals surface area (Å²) >= 11 is 0. The molecule has 1 aliphatic rings. The average molecular weight is 287 g/mol. The molecule has 21 heavy (non-hydrogen) atoms. The smallest absolute Gasteiger partial charge is 0.241 e. The number of nitrogens with one attached hydrogen (secondary N) is 1. The van der Waals surface area contributed by atoms with Crippen molar-refractivity contribution in [3.8, 4) is 0 Å². The maximum absolute atomic E-state index is 12.1. The summed E-state index contributed by atoms with van der Waals surface area (Å²) in [5.74, 6) is 1.07. The zero-order chi connectivity index (χ0) is 14.8. The number of hydrogen-bond donors (Lipinski definition) is 1. The molecule has 1 saturated heterocycles. The lowest BCUT2D eigenvalue weighted by Crippen LogP contribution is -2.35. The lowest BCUT2D eigenvalue weighted by molar-refractivity contribution is -0.127. The van der Waals surface area contributed by atoms with Crippen molar-refractivity contribution in [3.05, 3.63) is 30.1 Å². The predicted molar refractivity (Wildman–Crippen MR) is 82.4 cm³/mol. The number of fused-ring (bicyclic) bond motifs is 1. The molecule has 0 unspecified atom stereocenters. The molecular formula is C15H21N5O. The number of carbonyl (C=O) groups is 1. The van der Waals surface area contributed by atoms with Crippen LogP contribution < -0.4 is 10.2 Å². The lowest BCUT2D eigenvalue weighted by Gasteiger charge is -2.21. The van der Waals surface area contributed by atoms with Gasteiger partial charge in [0.25, 0.3) is 0 Å². The highest BCUT2D eigenvalue weighted by Gasteiger charge is 2.23. The highest BCUT2D eigenvalue weighted by molar-refractivity contribution is 5.81. The first-order valence-corrected chi connectivity index (χ1v) is 7.30. The third kappa shape index (κ3) is 2.58. The maximum atomic E-state index is 12.1. The van der Waals surface area contributed by atoms with Gasteiger partial charge in [0.2, 0.25) is 5.91 Å².